The van der Waals surface area contributed by atoms with E-state index in [1.165, 1.54) is 0 Å². The Kier molecular flexibility index (Phi) is 5.31. The molecule has 0 fully saturated rings. The third kappa shape index (κ3) is 4.37. The van der Waals surface area contributed by atoms with Crippen molar-refractivity contribution in [2.45, 2.75) is 13.0 Å². The Bertz CT molecular complexity index is 851. The quantitative estimate of drug-likeness (QED) is 0.698. The van der Waals surface area contributed by atoms with E-state index in [1.54, 1.807) is 18.3 Å². The van der Waals surface area contributed by atoms with Crippen LogP contribution < -0.4 is 4.90 Å². The molecule has 0 aliphatic heterocycles. The minimum absolute atomic E-state index is 0.0813. The molecule has 126 valence electrons. The molecule has 1 N–H and O–H groups in total. The zero-order chi connectivity index (χ0) is 17.6. The normalized spacial score (nSPS) is 10.4. The first kappa shape index (κ1) is 17.0. The van der Waals surface area contributed by atoms with Crippen LogP contribution in [0.1, 0.15) is 11.1 Å². The molecule has 3 rings (SSSR count). The van der Waals surface area contributed by atoms with Gasteiger partial charge in [0.05, 0.1) is 6.42 Å². The Hall–Kier alpha value is -2.85. The molecule has 0 aliphatic rings. The van der Waals surface area contributed by atoms with Crippen LogP contribution in [0.4, 0.5) is 11.5 Å². The van der Waals surface area contributed by atoms with Gasteiger partial charge in [0.15, 0.2) is 0 Å². The number of aromatic nitrogens is 1. The van der Waals surface area contributed by atoms with Crippen molar-refractivity contribution in [3.05, 3.63) is 89.1 Å². The molecule has 1 aromatic heterocycles. The summed E-state index contributed by atoms with van der Waals surface area (Å²) in [6, 6.07) is 21.0. The summed E-state index contributed by atoms with van der Waals surface area (Å²) in [5.74, 6) is -0.249. The highest BCUT2D eigenvalue weighted by Crippen LogP contribution is 2.30. The molecule has 0 saturated heterocycles. The molecule has 0 unspecified atom stereocenters. The summed E-state index contributed by atoms with van der Waals surface area (Å²) < 4.78 is 0. The van der Waals surface area contributed by atoms with E-state index in [9.17, 15) is 9.90 Å². The average molecular weight is 353 g/mol. The summed E-state index contributed by atoms with van der Waals surface area (Å²) >= 11 is 6.01. The van der Waals surface area contributed by atoms with Crippen LogP contribution in [0.3, 0.4) is 0 Å². The van der Waals surface area contributed by atoms with Gasteiger partial charge < -0.3 is 10.0 Å². The van der Waals surface area contributed by atoms with Crippen molar-refractivity contribution in [1.82, 2.24) is 4.98 Å². The molecule has 1 heterocycles. The minimum atomic E-state index is -0.884. The third-order valence-corrected chi connectivity index (χ3v) is 4.04. The number of hydrogen-bond donors (Lipinski definition) is 1. The fourth-order valence-corrected chi connectivity index (χ4v) is 2.78. The first-order valence-electron chi connectivity index (χ1n) is 7.86. The molecular formula is C20H17ClN2O2. The number of halogens is 1. The predicted octanol–water partition coefficient (Wildman–Crippen LogP) is 4.70. The number of nitrogens with zero attached hydrogens (tertiary/aromatic N) is 2. The van der Waals surface area contributed by atoms with Gasteiger partial charge in [0.2, 0.25) is 0 Å². The molecule has 25 heavy (non-hydrogen) atoms. The predicted molar refractivity (Wildman–Crippen MR) is 99.3 cm³/mol. The lowest BCUT2D eigenvalue weighted by Crippen LogP contribution is -2.20. The molecule has 0 radical (unpaired) electrons. The summed E-state index contributed by atoms with van der Waals surface area (Å²) in [5.41, 5.74) is 2.67. The second-order valence-electron chi connectivity index (χ2n) is 5.60. The van der Waals surface area contributed by atoms with Crippen molar-refractivity contribution in [2.24, 2.45) is 0 Å². The monoisotopic (exact) mass is 352 g/mol. The van der Waals surface area contributed by atoms with E-state index in [0.29, 0.717) is 22.9 Å². The average Bonchev–Trinajstić information content (AvgIpc) is 2.62. The van der Waals surface area contributed by atoms with E-state index in [2.05, 4.69) is 4.98 Å². The van der Waals surface area contributed by atoms with Gasteiger partial charge in [-0.2, -0.15) is 0 Å². The van der Waals surface area contributed by atoms with Crippen LogP contribution in [0.15, 0.2) is 72.9 Å². The fourth-order valence-electron chi connectivity index (χ4n) is 2.65. The first-order chi connectivity index (χ1) is 12.1. The smallest absolute Gasteiger partial charge is 0.307 e. The molecule has 0 aliphatic carbocycles. The van der Waals surface area contributed by atoms with Crippen molar-refractivity contribution in [2.75, 3.05) is 4.90 Å². The SMILES string of the molecule is O=C(O)Cc1cccnc1N(Cc1ccccc1)c1ccc(Cl)cc1. The number of carboxylic acid groups (broad SMARTS) is 1. The Labute approximate surface area is 151 Å². The molecular weight excluding hydrogens is 336 g/mol. The maximum Gasteiger partial charge on any atom is 0.307 e. The van der Waals surface area contributed by atoms with Gasteiger partial charge in [0.25, 0.3) is 0 Å². The van der Waals surface area contributed by atoms with Crippen LogP contribution >= 0.6 is 11.6 Å². The van der Waals surface area contributed by atoms with Gasteiger partial charge in [-0.1, -0.05) is 48.0 Å². The summed E-state index contributed by atoms with van der Waals surface area (Å²) in [6.07, 6.45) is 1.59. The number of pyridine rings is 1. The number of aliphatic carboxylic acids is 1. The van der Waals surface area contributed by atoms with Gasteiger partial charge in [-0.3, -0.25) is 4.79 Å². The highest BCUT2D eigenvalue weighted by molar-refractivity contribution is 6.30. The summed E-state index contributed by atoms with van der Waals surface area (Å²) in [7, 11) is 0. The topological polar surface area (TPSA) is 53.4 Å². The van der Waals surface area contributed by atoms with E-state index in [1.807, 2.05) is 59.5 Å². The van der Waals surface area contributed by atoms with Crippen molar-refractivity contribution < 1.29 is 9.90 Å². The zero-order valence-corrected chi connectivity index (χ0v) is 14.2. The largest absolute Gasteiger partial charge is 0.481 e. The zero-order valence-electron chi connectivity index (χ0n) is 13.5. The Morgan fingerprint density at radius 3 is 2.40 bits per heavy atom. The van der Waals surface area contributed by atoms with Gasteiger partial charge in [-0.05, 0) is 35.9 Å². The Morgan fingerprint density at radius 1 is 1.00 bits per heavy atom. The van der Waals surface area contributed by atoms with Crippen molar-refractivity contribution in [3.63, 3.8) is 0 Å². The van der Waals surface area contributed by atoms with Crippen molar-refractivity contribution in [1.29, 1.82) is 0 Å². The van der Waals surface area contributed by atoms with Gasteiger partial charge in [-0.25, -0.2) is 4.98 Å². The number of hydrogen-bond acceptors (Lipinski definition) is 3. The summed E-state index contributed by atoms with van der Waals surface area (Å²) in [6.45, 7) is 0.576. The third-order valence-electron chi connectivity index (χ3n) is 3.79. The Morgan fingerprint density at radius 2 is 1.72 bits per heavy atom. The molecule has 0 amide bonds. The van der Waals surface area contributed by atoms with E-state index in [-0.39, 0.29) is 6.42 Å². The lowest BCUT2D eigenvalue weighted by Gasteiger charge is -2.26. The minimum Gasteiger partial charge on any atom is -0.481 e. The molecule has 0 spiro atoms. The van der Waals surface area contributed by atoms with Crippen LogP contribution in [0.2, 0.25) is 5.02 Å². The maximum absolute atomic E-state index is 11.2. The van der Waals surface area contributed by atoms with Gasteiger partial charge in [0, 0.05) is 29.0 Å². The summed E-state index contributed by atoms with van der Waals surface area (Å²) in [4.78, 5) is 17.7. The van der Waals surface area contributed by atoms with E-state index < -0.39 is 5.97 Å². The van der Waals surface area contributed by atoms with Gasteiger partial charge >= 0.3 is 5.97 Å². The van der Waals surface area contributed by atoms with E-state index >= 15 is 0 Å². The highest BCUT2D eigenvalue weighted by Gasteiger charge is 2.17. The molecule has 0 saturated carbocycles. The van der Waals surface area contributed by atoms with Crippen molar-refractivity contribution in [3.8, 4) is 0 Å². The van der Waals surface area contributed by atoms with Crippen LogP contribution in [-0.2, 0) is 17.8 Å². The molecule has 4 nitrogen and oxygen atoms in total. The summed E-state index contributed by atoms with van der Waals surface area (Å²) in [5, 5.41) is 9.85. The number of carboxylic acids is 1. The molecule has 5 heteroatoms. The lowest BCUT2D eigenvalue weighted by atomic mass is 10.1. The molecule has 2 aromatic carbocycles. The molecule has 0 bridgehead atoms. The number of benzene rings is 2. The molecule has 0 atom stereocenters. The number of anilines is 2. The lowest BCUT2D eigenvalue weighted by molar-refractivity contribution is -0.136. The van der Waals surface area contributed by atoms with Crippen molar-refractivity contribution >= 4 is 29.1 Å². The number of rotatable bonds is 6. The second kappa shape index (κ2) is 7.81. The highest BCUT2D eigenvalue weighted by atomic mass is 35.5. The first-order valence-corrected chi connectivity index (χ1v) is 8.24. The van der Waals surface area contributed by atoms with E-state index in [0.717, 1.165) is 11.3 Å². The van der Waals surface area contributed by atoms with Gasteiger partial charge in [-0.15, -0.1) is 0 Å². The second-order valence-corrected chi connectivity index (χ2v) is 6.04. The van der Waals surface area contributed by atoms with Crippen LogP contribution in [0, 0.1) is 0 Å². The van der Waals surface area contributed by atoms with Crippen LogP contribution in [0.5, 0.6) is 0 Å². The van der Waals surface area contributed by atoms with E-state index in [4.69, 9.17) is 11.6 Å². The molecule has 3 aromatic rings. The van der Waals surface area contributed by atoms with Crippen LogP contribution in [0.25, 0.3) is 0 Å². The maximum atomic E-state index is 11.2. The standard InChI is InChI=1S/C20H17ClN2O2/c21-17-8-10-18(11-9-17)23(14-15-5-2-1-3-6-15)20-16(13-19(24)25)7-4-12-22-20/h1-12H,13-14H2,(H,24,25). The Balaban J connectivity index is 2.05. The fraction of sp³-hybridized carbons (Fsp3) is 0.100. The number of carbonyl (C=O) groups is 1. The van der Waals surface area contributed by atoms with Crippen LogP contribution in [-0.4, -0.2) is 16.1 Å². The van der Waals surface area contributed by atoms with Gasteiger partial charge in [0.1, 0.15) is 5.82 Å².